The maximum atomic E-state index is 9.54. The van der Waals surface area contributed by atoms with Crippen molar-refractivity contribution in [2.45, 2.75) is 26.2 Å². The zero-order chi connectivity index (χ0) is 11.2. The third-order valence-electron chi connectivity index (χ3n) is 1.51. The summed E-state index contributed by atoms with van der Waals surface area (Å²) in [6.45, 7) is 2.16. The summed E-state index contributed by atoms with van der Waals surface area (Å²) in [4.78, 5) is 9.54. The van der Waals surface area contributed by atoms with E-state index >= 15 is 0 Å². The van der Waals surface area contributed by atoms with Crippen LogP contribution in [0.1, 0.15) is 26.2 Å². The van der Waals surface area contributed by atoms with Crippen molar-refractivity contribution in [2.75, 3.05) is 0 Å². The van der Waals surface area contributed by atoms with Gasteiger partial charge in [0.25, 0.3) is 0 Å². The molecule has 4 heteroatoms. The van der Waals surface area contributed by atoms with Crippen molar-refractivity contribution in [3.63, 3.8) is 0 Å². The molecule has 0 aromatic rings. The molecule has 0 saturated heterocycles. The number of unbranched alkanes of at least 4 members (excludes halogenated alkanes) is 1. The number of nitroso groups, excluding NO2 is 1. The van der Waals surface area contributed by atoms with E-state index in [0.717, 1.165) is 12.8 Å². The van der Waals surface area contributed by atoms with Crippen LogP contribution in [0.3, 0.4) is 0 Å². The Morgan fingerprint density at radius 3 is 2.73 bits per heavy atom. The van der Waals surface area contributed by atoms with Crippen molar-refractivity contribution in [1.82, 2.24) is 5.53 Å². The maximum absolute atomic E-state index is 9.54. The Morgan fingerprint density at radius 1 is 1.13 bits per heavy atom. The third-order valence-corrected chi connectivity index (χ3v) is 1.51. The van der Waals surface area contributed by atoms with Crippen molar-refractivity contribution >= 4 is 6.21 Å². The van der Waals surface area contributed by atoms with E-state index in [1.165, 1.54) is 12.6 Å². The molecule has 0 bridgehead atoms. The summed E-state index contributed by atoms with van der Waals surface area (Å²) in [7, 11) is 0. The van der Waals surface area contributed by atoms with Gasteiger partial charge in [-0.1, -0.05) is 43.7 Å². The van der Waals surface area contributed by atoms with Gasteiger partial charge in [-0.2, -0.15) is 10.6 Å². The number of hydrogen-bond donors (Lipinski definition) is 1. The Balaban J connectivity index is 3.48. The lowest BCUT2D eigenvalue weighted by molar-refractivity contribution is 0.804. The number of hydrazone groups is 1. The highest BCUT2D eigenvalue weighted by Crippen LogP contribution is 1.92. The van der Waals surface area contributed by atoms with Crippen LogP contribution in [-0.2, 0) is 0 Å². The fourth-order valence-corrected chi connectivity index (χ4v) is 0.830. The lowest BCUT2D eigenvalue weighted by Gasteiger charge is -1.82. The second kappa shape index (κ2) is 12.3. The first kappa shape index (κ1) is 13.3. The summed E-state index contributed by atoms with van der Waals surface area (Å²) in [6.07, 6.45) is 16.6. The van der Waals surface area contributed by atoms with Crippen LogP contribution in [-0.4, -0.2) is 6.21 Å². The van der Waals surface area contributed by atoms with Crippen LogP contribution < -0.4 is 5.53 Å². The quantitative estimate of drug-likeness (QED) is 0.218. The van der Waals surface area contributed by atoms with E-state index in [4.69, 9.17) is 0 Å². The number of allylic oxidation sites excluding steroid dienone is 6. The number of nitrogens with zero attached hydrogens (tertiary/aromatic N) is 2. The fourth-order valence-electron chi connectivity index (χ4n) is 0.830. The average Bonchev–Trinajstić information content (AvgIpc) is 2.26. The molecule has 0 aliphatic heterocycles. The van der Waals surface area contributed by atoms with E-state index in [2.05, 4.69) is 29.5 Å². The molecule has 15 heavy (non-hydrogen) atoms. The molecule has 0 spiro atoms. The van der Waals surface area contributed by atoms with Crippen LogP contribution in [0.15, 0.2) is 46.8 Å². The highest BCUT2D eigenvalue weighted by Gasteiger charge is 1.72. The van der Waals surface area contributed by atoms with Gasteiger partial charge in [0.1, 0.15) is 0 Å². The largest absolute Gasteiger partial charge is 0.164 e. The van der Waals surface area contributed by atoms with Crippen molar-refractivity contribution in [2.24, 2.45) is 10.4 Å². The molecule has 0 atom stereocenters. The predicted molar refractivity (Wildman–Crippen MR) is 64.4 cm³/mol. The molecule has 0 fully saturated rings. The minimum absolute atomic E-state index is 0.940. The van der Waals surface area contributed by atoms with Gasteiger partial charge in [0.2, 0.25) is 0 Å². The summed E-state index contributed by atoms with van der Waals surface area (Å²) < 4.78 is 0. The topological polar surface area (TPSA) is 53.8 Å². The summed E-state index contributed by atoms with van der Waals surface area (Å²) >= 11 is 0. The minimum Gasteiger partial charge on any atom is -0.164 e. The zero-order valence-corrected chi connectivity index (χ0v) is 8.97. The number of rotatable bonds is 8. The molecule has 0 unspecified atom stereocenters. The predicted octanol–water partition coefficient (Wildman–Crippen LogP) is 3.10. The van der Waals surface area contributed by atoms with Crippen molar-refractivity contribution in [3.05, 3.63) is 41.4 Å². The molecular formula is C11H17N3O. The molecule has 0 aliphatic carbocycles. The molecule has 0 saturated carbocycles. The molecule has 0 heterocycles. The van der Waals surface area contributed by atoms with Crippen LogP contribution in [0.2, 0.25) is 0 Å². The van der Waals surface area contributed by atoms with Crippen LogP contribution in [0.5, 0.6) is 0 Å². The molecule has 0 aliphatic rings. The molecule has 0 aromatic carbocycles. The molecule has 82 valence electrons. The van der Waals surface area contributed by atoms with Crippen LogP contribution in [0.25, 0.3) is 0 Å². The van der Waals surface area contributed by atoms with Gasteiger partial charge >= 0.3 is 0 Å². The van der Waals surface area contributed by atoms with E-state index in [-0.39, 0.29) is 0 Å². The van der Waals surface area contributed by atoms with Crippen molar-refractivity contribution < 1.29 is 0 Å². The average molecular weight is 207 g/mol. The van der Waals surface area contributed by atoms with Gasteiger partial charge in [-0.15, -0.1) is 4.91 Å². The van der Waals surface area contributed by atoms with Gasteiger partial charge in [-0.3, -0.25) is 0 Å². The van der Waals surface area contributed by atoms with E-state index in [1.54, 1.807) is 6.08 Å². The summed E-state index contributed by atoms with van der Waals surface area (Å²) in [5.41, 5.74) is 1.93. The Hall–Kier alpha value is -1.71. The van der Waals surface area contributed by atoms with Gasteiger partial charge in [-0.25, -0.2) is 0 Å². The van der Waals surface area contributed by atoms with Crippen LogP contribution >= 0.6 is 0 Å². The van der Waals surface area contributed by atoms with Gasteiger partial charge in [0, 0.05) is 6.21 Å². The number of hydrogen-bond acceptors (Lipinski definition) is 3. The lowest BCUT2D eigenvalue weighted by Crippen LogP contribution is -1.89. The summed E-state index contributed by atoms with van der Waals surface area (Å²) in [5.74, 6) is 0. The monoisotopic (exact) mass is 207 g/mol. The maximum Gasteiger partial charge on any atom is 0.0722 e. The molecule has 1 N–H and O–H groups in total. The number of nitrogens with one attached hydrogen (secondary N) is 1. The highest BCUT2D eigenvalue weighted by atomic mass is 16.3. The Labute approximate surface area is 90.4 Å². The van der Waals surface area contributed by atoms with E-state index in [1.807, 2.05) is 23.8 Å². The molecular weight excluding hydrogens is 190 g/mol. The van der Waals surface area contributed by atoms with E-state index in [9.17, 15) is 4.91 Å². The van der Waals surface area contributed by atoms with Gasteiger partial charge in [0.05, 0.1) is 5.29 Å². The Kier molecular flexibility index (Phi) is 10.9. The normalized spacial score (nSPS) is 12.3. The van der Waals surface area contributed by atoms with Gasteiger partial charge in [-0.05, 0) is 18.9 Å². The molecule has 4 nitrogen and oxygen atoms in total. The van der Waals surface area contributed by atoms with E-state index in [0.29, 0.717) is 0 Å². The molecule has 0 amide bonds. The first-order valence-electron chi connectivity index (χ1n) is 4.99. The smallest absolute Gasteiger partial charge is 0.0722 e. The minimum atomic E-state index is 0.940. The van der Waals surface area contributed by atoms with Crippen molar-refractivity contribution in [1.29, 1.82) is 0 Å². The standard InChI is InChI=1S/C11H17N3O/c1-2-3-4-5-6-7-8-9-10-11-12-13-14-15/h4-5,7-11H,2-3,6H2,1H3,(H,13,15). The van der Waals surface area contributed by atoms with Gasteiger partial charge in [0.15, 0.2) is 0 Å². The van der Waals surface area contributed by atoms with Crippen LogP contribution in [0.4, 0.5) is 0 Å². The summed E-state index contributed by atoms with van der Waals surface area (Å²) in [6, 6.07) is 0. The lowest BCUT2D eigenvalue weighted by atomic mass is 10.2. The summed E-state index contributed by atoms with van der Waals surface area (Å²) in [5, 5.41) is 5.81. The van der Waals surface area contributed by atoms with Gasteiger partial charge < -0.3 is 0 Å². The third kappa shape index (κ3) is 12.3. The zero-order valence-electron chi connectivity index (χ0n) is 8.97. The first-order valence-corrected chi connectivity index (χ1v) is 4.99. The van der Waals surface area contributed by atoms with Crippen molar-refractivity contribution in [3.8, 4) is 0 Å². The molecule has 0 aromatic heterocycles. The molecule has 0 rings (SSSR count). The highest BCUT2D eigenvalue weighted by molar-refractivity contribution is 5.71. The molecule has 0 radical (unpaired) electrons. The second-order valence-corrected chi connectivity index (χ2v) is 2.78. The van der Waals surface area contributed by atoms with Crippen LogP contribution in [0, 0.1) is 4.91 Å². The van der Waals surface area contributed by atoms with E-state index < -0.39 is 0 Å². The first-order chi connectivity index (χ1) is 7.41. The SMILES string of the molecule is CCCC=CCC=CC=CC=NNN=O. The Morgan fingerprint density at radius 2 is 2.00 bits per heavy atom. The Bertz CT molecular complexity index is 255. The second-order valence-electron chi connectivity index (χ2n) is 2.78. The fraction of sp³-hybridized carbons (Fsp3) is 0.364.